The third-order valence-corrected chi connectivity index (χ3v) is 5.68. The Hall–Kier alpha value is -3.26. The lowest BCUT2D eigenvalue weighted by atomic mass is 9.89. The number of aromatic nitrogens is 2. The molecule has 1 fully saturated rings. The fourth-order valence-corrected chi connectivity index (χ4v) is 3.93. The summed E-state index contributed by atoms with van der Waals surface area (Å²) in [6, 6.07) is 10.1. The molecule has 4 rings (SSSR count). The average Bonchev–Trinajstić information content (AvgIpc) is 2.77. The molecule has 8 nitrogen and oxygen atoms in total. The van der Waals surface area contributed by atoms with E-state index >= 15 is 0 Å². The predicted octanol–water partition coefficient (Wildman–Crippen LogP) is 3.58. The SMILES string of the molecule is CN1CCC(c2ccc(Nc3nccc(Nc4c(NC(C)(C)C)c(=O)c4=O)n3)cc2)CC1. The second kappa shape index (κ2) is 8.70. The van der Waals surface area contributed by atoms with E-state index in [9.17, 15) is 9.59 Å². The zero-order valence-corrected chi connectivity index (χ0v) is 19.0. The van der Waals surface area contributed by atoms with Gasteiger partial charge in [0.25, 0.3) is 10.9 Å². The average molecular weight is 435 g/mol. The van der Waals surface area contributed by atoms with Crippen LogP contribution in [0.1, 0.15) is 45.1 Å². The van der Waals surface area contributed by atoms with Gasteiger partial charge in [-0.05, 0) is 83.4 Å². The summed E-state index contributed by atoms with van der Waals surface area (Å²) in [6.45, 7) is 8.06. The van der Waals surface area contributed by atoms with Crippen molar-refractivity contribution in [2.45, 2.75) is 45.1 Å². The first-order valence-corrected chi connectivity index (χ1v) is 11.0. The zero-order chi connectivity index (χ0) is 22.9. The number of hydrogen-bond donors (Lipinski definition) is 3. The quantitative estimate of drug-likeness (QED) is 0.507. The molecular weight excluding hydrogens is 404 g/mol. The second-order valence-corrected chi connectivity index (χ2v) is 9.50. The van der Waals surface area contributed by atoms with Gasteiger partial charge in [0.2, 0.25) is 5.95 Å². The Balaban J connectivity index is 1.44. The van der Waals surface area contributed by atoms with Crippen molar-refractivity contribution < 1.29 is 0 Å². The maximum atomic E-state index is 12.0. The van der Waals surface area contributed by atoms with Gasteiger partial charge in [-0.3, -0.25) is 9.59 Å². The number of nitrogens with one attached hydrogen (secondary N) is 3. The van der Waals surface area contributed by atoms with Crippen LogP contribution in [-0.4, -0.2) is 40.5 Å². The lowest BCUT2D eigenvalue weighted by molar-refractivity contribution is 0.255. The summed E-state index contributed by atoms with van der Waals surface area (Å²) in [6.07, 6.45) is 3.97. The predicted molar refractivity (Wildman–Crippen MR) is 129 cm³/mol. The van der Waals surface area contributed by atoms with Crippen LogP contribution in [-0.2, 0) is 0 Å². The molecule has 8 heteroatoms. The van der Waals surface area contributed by atoms with Crippen molar-refractivity contribution in [1.82, 2.24) is 14.9 Å². The van der Waals surface area contributed by atoms with E-state index in [1.54, 1.807) is 12.3 Å². The van der Waals surface area contributed by atoms with Gasteiger partial charge in [0, 0.05) is 17.4 Å². The molecule has 1 saturated heterocycles. The highest BCUT2D eigenvalue weighted by Gasteiger charge is 2.25. The third kappa shape index (κ3) is 4.96. The van der Waals surface area contributed by atoms with Gasteiger partial charge in [-0.15, -0.1) is 0 Å². The van der Waals surface area contributed by atoms with Crippen molar-refractivity contribution >= 4 is 28.8 Å². The summed E-state index contributed by atoms with van der Waals surface area (Å²) in [7, 11) is 2.17. The van der Waals surface area contributed by atoms with Crippen LogP contribution < -0.4 is 26.8 Å². The molecule has 1 aliphatic rings. The van der Waals surface area contributed by atoms with Gasteiger partial charge in [-0.25, -0.2) is 4.98 Å². The maximum Gasteiger partial charge on any atom is 0.253 e. The molecule has 3 N–H and O–H groups in total. The van der Waals surface area contributed by atoms with E-state index in [1.165, 1.54) is 18.4 Å². The Morgan fingerprint density at radius 3 is 2.25 bits per heavy atom. The monoisotopic (exact) mass is 434 g/mol. The van der Waals surface area contributed by atoms with E-state index in [0.717, 1.165) is 18.8 Å². The molecule has 2 aromatic carbocycles. The summed E-state index contributed by atoms with van der Waals surface area (Å²) < 4.78 is 0. The maximum absolute atomic E-state index is 12.0. The first-order chi connectivity index (χ1) is 15.2. The van der Waals surface area contributed by atoms with E-state index < -0.39 is 10.9 Å². The van der Waals surface area contributed by atoms with Crippen molar-refractivity contribution in [2.24, 2.45) is 0 Å². The van der Waals surface area contributed by atoms with Crippen LogP contribution in [0.4, 0.5) is 28.8 Å². The highest BCUT2D eigenvalue weighted by molar-refractivity contribution is 5.78. The number of piperidine rings is 1. The molecule has 1 aliphatic heterocycles. The van der Waals surface area contributed by atoms with Gasteiger partial charge < -0.3 is 20.9 Å². The molecular formula is C24H30N6O2. The van der Waals surface area contributed by atoms with Crippen LogP contribution in [0.15, 0.2) is 46.1 Å². The Morgan fingerprint density at radius 1 is 0.938 bits per heavy atom. The molecule has 0 bridgehead atoms. The van der Waals surface area contributed by atoms with E-state index in [1.807, 2.05) is 32.9 Å². The summed E-state index contributed by atoms with van der Waals surface area (Å²) in [4.78, 5) is 35.1. The molecule has 3 aromatic rings. The topological polar surface area (TPSA) is 99.2 Å². The van der Waals surface area contributed by atoms with Crippen molar-refractivity contribution in [3.05, 3.63) is 62.5 Å². The molecule has 32 heavy (non-hydrogen) atoms. The minimum absolute atomic E-state index is 0.233. The lowest BCUT2D eigenvalue weighted by Crippen LogP contribution is -2.41. The Morgan fingerprint density at radius 2 is 1.59 bits per heavy atom. The number of hydrogen-bond acceptors (Lipinski definition) is 8. The van der Waals surface area contributed by atoms with Crippen molar-refractivity contribution in [3.8, 4) is 0 Å². The zero-order valence-electron chi connectivity index (χ0n) is 19.0. The highest BCUT2D eigenvalue weighted by atomic mass is 16.2. The smallest absolute Gasteiger partial charge is 0.253 e. The highest BCUT2D eigenvalue weighted by Crippen LogP contribution is 2.29. The first-order valence-electron chi connectivity index (χ1n) is 11.0. The summed E-state index contributed by atoms with van der Waals surface area (Å²) in [5, 5.41) is 9.25. The number of anilines is 5. The lowest BCUT2D eigenvalue weighted by Gasteiger charge is -2.29. The molecule has 0 aliphatic carbocycles. The molecule has 0 atom stereocenters. The molecule has 0 spiro atoms. The van der Waals surface area contributed by atoms with Crippen LogP contribution in [0, 0.1) is 0 Å². The fourth-order valence-electron chi connectivity index (χ4n) is 3.93. The van der Waals surface area contributed by atoms with Crippen molar-refractivity contribution in [3.63, 3.8) is 0 Å². The molecule has 0 unspecified atom stereocenters. The Kier molecular flexibility index (Phi) is 5.97. The number of benzene rings is 1. The van der Waals surface area contributed by atoms with Gasteiger partial charge in [0.1, 0.15) is 17.2 Å². The molecule has 0 amide bonds. The molecule has 0 saturated carbocycles. The normalized spacial score (nSPS) is 15.6. The third-order valence-electron chi connectivity index (χ3n) is 5.68. The first kappa shape index (κ1) is 22.0. The summed E-state index contributed by atoms with van der Waals surface area (Å²) in [5.74, 6) is 1.46. The standard InChI is InChI=1S/C24H30N6O2/c1-24(2,3)29-20-19(21(31)22(20)32)27-18-9-12-25-23(28-18)26-17-7-5-15(6-8-17)16-10-13-30(4)14-11-16/h5-9,12,16,29H,10-11,13-14H2,1-4H3,(H2,25,26,27,28). The number of rotatable bonds is 6. The summed E-state index contributed by atoms with van der Waals surface area (Å²) >= 11 is 0. The van der Waals surface area contributed by atoms with Crippen molar-refractivity contribution in [1.29, 1.82) is 0 Å². The molecule has 2 heterocycles. The largest absolute Gasteiger partial charge is 0.375 e. The van der Waals surface area contributed by atoms with Gasteiger partial charge in [0.05, 0.1) is 0 Å². The van der Waals surface area contributed by atoms with Gasteiger partial charge in [0.15, 0.2) is 0 Å². The number of likely N-dealkylation sites (tertiary alicyclic amines) is 1. The molecule has 0 radical (unpaired) electrons. The minimum atomic E-state index is -0.547. The van der Waals surface area contributed by atoms with Crippen LogP contribution in [0.3, 0.4) is 0 Å². The number of nitrogens with zero attached hydrogens (tertiary/aromatic N) is 3. The van der Waals surface area contributed by atoms with Gasteiger partial charge in [-0.2, -0.15) is 4.98 Å². The van der Waals surface area contributed by atoms with Crippen LogP contribution >= 0.6 is 0 Å². The van der Waals surface area contributed by atoms with Gasteiger partial charge in [-0.1, -0.05) is 12.1 Å². The van der Waals surface area contributed by atoms with E-state index in [-0.39, 0.29) is 11.2 Å². The minimum Gasteiger partial charge on any atom is -0.375 e. The van der Waals surface area contributed by atoms with E-state index in [4.69, 9.17) is 0 Å². The second-order valence-electron chi connectivity index (χ2n) is 9.50. The molecule has 1 aromatic heterocycles. The molecule has 168 valence electrons. The van der Waals surface area contributed by atoms with E-state index in [0.29, 0.717) is 23.4 Å². The van der Waals surface area contributed by atoms with Crippen LogP contribution in [0.5, 0.6) is 0 Å². The Labute approximate surface area is 187 Å². The van der Waals surface area contributed by atoms with Crippen LogP contribution in [0.25, 0.3) is 0 Å². The van der Waals surface area contributed by atoms with Crippen LogP contribution in [0.2, 0.25) is 0 Å². The van der Waals surface area contributed by atoms with E-state index in [2.05, 4.69) is 50.0 Å². The summed E-state index contributed by atoms with van der Waals surface area (Å²) in [5.41, 5.74) is 1.38. The van der Waals surface area contributed by atoms with Crippen molar-refractivity contribution in [2.75, 3.05) is 36.1 Å². The Bertz CT molecular complexity index is 1150. The fraction of sp³-hybridized carbons (Fsp3) is 0.417. The van der Waals surface area contributed by atoms with Gasteiger partial charge >= 0.3 is 0 Å².